The first-order valence-electron chi connectivity index (χ1n) is 17.8. The summed E-state index contributed by atoms with van der Waals surface area (Å²) in [6.45, 7) is 1.19. The number of fused-ring (bicyclic) bond motifs is 6. The lowest BCUT2D eigenvalue weighted by Gasteiger charge is -2.48. The van der Waals surface area contributed by atoms with E-state index in [4.69, 9.17) is 21.1 Å². The number of aliphatic hydroxyl groups is 2. The van der Waals surface area contributed by atoms with Gasteiger partial charge in [-0.2, -0.15) is 0 Å². The van der Waals surface area contributed by atoms with Crippen LogP contribution < -0.4 is 16.2 Å². The van der Waals surface area contributed by atoms with E-state index in [1.165, 1.54) is 34.8 Å². The van der Waals surface area contributed by atoms with Crippen LogP contribution in [0.4, 0.5) is 5.69 Å². The van der Waals surface area contributed by atoms with Crippen LogP contribution in [-0.2, 0) is 31.2 Å². The van der Waals surface area contributed by atoms with Crippen molar-refractivity contribution in [3.05, 3.63) is 114 Å². The largest absolute Gasteiger partial charge is 0.506 e. The Hall–Kier alpha value is -4.12. The van der Waals surface area contributed by atoms with Gasteiger partial charge in [0.15, 0.2) is 0 Å². The lowest BCUT2D eigenvalue weighted by molar-refractivity contribution is -0.955. The summed E-state index contributed by atoms with van der Waals surface area (Å²) in [5.74, 6) is -0.898. The highest BCUT2D eigenvalue weighted by Gasteiger charge is 2.72. The molecule has 6 heterocycles. The molecule has 54 heavy (non-hydrogen) atoms. The predicted octanol–water partition coefficient (Wildman–Crippen LogP) is 4.77. The van der Waals surface area contributed by atoms with Crippen molar-refractivity contribution >= 4 is 62.7 Å². The number of carbonyl (C=O) groups excluding carboxylic acids is 2. The van der Waals surface area contributed by atoms with Crippen LogP contribution in [0.1, 0.15) is 46.2 Å². The Kier molecular flexibility index (Phi) is 9.90. The van der Waals surface area contributed by atoms with Gasteiger partial charge in [-0.1, -0.05) is 35.9 Å². The second-order valence-corrected chi connectivity index (χ2v) is 16.8. The number of phenolic OH excluding ortho intramolecular Hbond substituents is 1. The molecule has 0 spiro atoms. The maximum absolute atomic E-state index is 13.7. The number of carbonyl (C=O) groups is 2. The van der Waals surface area contributed by atoms with Crippen molar-refractivity contribution in [2.45, 2.75) is 67.9 Å². The number of esters is 1. The minimum absolute atomic E-state index is 0.0570. The lowest BCUT2D eigenvalue weighted by atomic mass is 9.94. The second kappa shape index (κ2) is 14.5. The molecule has 0 aliphatic carbocycles. The van der Waals surface area contributed by atoms with Crippen molar-refractivity contribution in [3.8, 4) is 5.75 Å². The Bertz CT molecular complexity index is 2190. The van der Waals surface area contributed by atoms with Crippen LogP contribution in [0, 0.1) is 0 Å². The molecule has 8 rings (SSSR count). The van der Waals surface area contributed by atoms with Gasteiger partial charge < -0.3 is 44.9 Å². The highest BCUT2D eigenvalue weighted by Crippen LogP contribution is 2.53. The normalized spacial score (nSPS) is 24.9. The molecule has 5 aromatic rings. The summed E-state index contributed by atoms with van der Waals surface area (Å²) in [6, 6.07) is 18.6. The standard InChI is InChI=1S/C39H39ClN4O8S2/c1-44(27-17-22(18-28(44)37-36(27)52-37)51-38(49)39(50,31-4-2-14-53-31)32-5-3-15-54-32)13-12-34(48)42-26-9-6-21(16-25(26)40)19-41-20-30(46)23-7-10-29(45)35-24(23)8-11-33(47)43-35/h2-11,14-16,22,27-28,30,36-37,41,46,50H,12-13,17-20H2,1H3,(H2-,42,43,45,47,48)/p+1/t22?,27?,28?,30-,36?,37?,44?/m0/s1. The molecule has 3 aliphatic rings. The van der Waals surface area contributed by atoms with E-state index in [1.807, 2.05) is 29.0 Å². The summed E-state index contributed by atoms with van der Waals surface area (Å²) in [5, 5.41) is 43.5. The number of benzene rings is 2. The highest BCUT2D eigenvalue weighted by molar-refractivity contribution is 7.12. The molecule has 6 N–H and O–H groups in total. The summed E-state index contributed by atoms with van der Waals surface area (Å²) >= 11 is 9.23. The average Bonchev–Trinajstić information content (AvgIpc) is 3.44. The topological polar surface area (TPSA) is 174 Å². The van der Waals surface area contributed by atoms with Gasteiger partial charge in [-0.3, -0.25) is 9.59 Å². The number of aromatic amines is 1. The number of nitrogens with zero attached hydrogens (tertiary/aromatic N) is 1. The van der Waals surface area contributed by atoms with E-state index in [2.05, 4.69) is 22.7 Å². The van der Waals surface area contributed by atoms with Gasteiger partial charge in [0.2, 0.25) is 17.1 Å². The molecule has 1 amide bonds. The molecular weight excluding hydrogens is 752 g/mol. The molecule has 4 unspecified atom stereocenters. The van der Waals surface area contributed by atoms with Crippen molar-refractivity contribution in [2.75, 3.05) is 25.5 Å². The number of morpholine rings is 1. The predicted molar refractivity (Wildman–Crippen MR) is 206 cm³/mol. The SMILES string of the molecule is C[N+]1(CCC(=O)Nc2ccc(CNC[C@H](O)c3ccc(O)c4[nH]c(=O)ccc34)cc2Cl)C2CC(OC(=O)C(O)(c3cccs3)c3cccs3)CC1C1OC12. The number of quaternary nitrogens is 1. The fraction of sp³-hybridized carbons (Fsp3) is 0.359. The van der Waals surface area contributed by atoms with E-state index >= 15 is 0 Å². The van der Waals surface area contributed by atoms with Crippen molar-refractivity contribution in [1.82, 2.24) is 10.3 Å². The van der Waals surface area contributed by atoms with E-state index in [0.29, 0.717) is 61.8 Å². The number of halogens is 1. The van der Waals surface area contributed by atoms with Gasteiger partial charge in [-0.25, -0.2) is 4.79 Å². The Balaban J connectivity index is 0.842. The third-order valence-corrected chi connectivity index (χ3v) is 13.5. The van der Waals surface area contributed by atoms with E-state index in [-0.39, 0.29) is 66.1 Å². The second-order valence-electron chi connectivity index (χ2n) is 14.5. The van der Waals surface area contributed by atoms with Gasteiger partial charge in [-0.05, 0) is 58.3 Å². The molecular formula is C39H40ClN4O8S2+. The van der Waals surface area contributed by atoms with E-state index in [1.54, 1.807) is 36.4 Å². The van der Waals surface area contributed by atoms with Gasteiger partial charge in [0.25, 0.3) is 0 Å². The number of thiophene rings is 2. The number of rotatable bonds is 13. The Morgan fingerprint density at radius 1 is 1.06 bits per heavy atom. The first-order chi connectivity index (χ1) is 26.0. The molecule has 5 atom stereocenters. The number of likely N-dealkylation sites (N-methyl/N-ethyl adjacent to an activating group) is 1. The molecule has 3 fully saturated rings. The van der Waals surface area contributed by atoms with E-state index in [9.17, 15) is 29.7 Å². The summed E-state index contributed by atoms with van der Waals surface area (Å²) in [6.07, 6.45) is 0.269. The fourth-order valence-corrected chi connectivity index (χ4v) is 10.3. The lowest BCUT2D eigenvalue weighted by Crippen LogP contribution is -2.63. The summed E-state index contributed by atoms with van der Waals surface area (Å²) < 4.78 is 12.7. The number of aromatic hydroxyl groups is 1. The number of aromatic nitrogens is 1. The number of aliphatic hydroxyl groups excluding tert-OH is 1. The number of amides is 1. The van der Waals surface area contributed by atoms with Crippen LogP contribution in [0.25, 0.3) is 10.9 Å². The minimum atomic E-state index is -1.86. The third-order valence-electron chi connectivity index (χ3n) is 11.2. The Morgan fingerprint density at radius 3 is 2.41 bits per heavy atom. The van der Waals surface area contributed by atoms with Crippen LogP contribution >= 0.6 is 34.3 Å². The number of ether oxygens (including phenoxy) is 2. The Morgan fingerprint density at radius 2 is 1.76 bits per heavy atom. The molecule has 282 valence electrons. The minimum Gasteiger partial charge on any atom is -0.506 e. The summed E-state index contributed by atoms with van der Waals surface area (Å²) in [7, 11) is 2.15. The van der Waals surface area contributed by atoms with Crippen LogP contribution in [0.2, 0.25) is 5.02 Å². The average molecular weight is 792 g/mol. The van der Waals surface area contributed by atoms with Gasteiger partial charge in [0, 0.05) is 37.4 Å². The van der Waals surface area contributed by atoms with Gasteiger partial charge >= 0.3 is 5.97 Å². The maximum Gasteiger partial charge on any atom is 0.349 e. The fourth-order valence-electron chi connectivity index (χ4n) is 8.35. The molecule has 3 aromatic heterocycles. The quantitative estimate of drug-likeness (QED) is 0.0558. The van der Waals surface area contributed by atoms with E-state index in [0.717, 1.165) is 5.56 Å². The van der Waals surface area contributed by atoms with Gasteiger partial charge in [-0.15, -0.1) is 22.7 Å². The van der Waals surface area contributed by atoms with Crippen LogP contribution in [0.5, 0.6) is 5.75 Å². The molecule has 0 radical (unpaired) electrons. The molecule has 0 saturated carbocycles. The number of H-pyrrole nitrogens is 1. The summed E-state index contributed by atoms with van der Waals surface area (Å²) in [5.41, 5.74) is -0.0116. The number of hydrogen-bond donors (Lipinski definition) is 6. The Labute approximate surface area is 323 Å². The van der Waals surface area contributed by atoms with Crippen molar-refractivity contribution < 1.29 is 38.9 Å². The zero-order valence-corrected chi connectivity index (χ0v) is 31.6. The number of anilines is 1. The van der Waals surface area contributed by atoms with Gasteiger partial charge in [0.05, 0.1) is 52.1 Å². The highest BCUT2D eigenvalue weighted by atomic mass is 35.5. The summed E-state index contributed by atoms with van der Waals surface area (Å²) in [4.78, 5) is 42.3. The first kappa shape index (κ1) is 36.8. The van der Waals surface area contributed by atoms with Gasteiger partial charge in [0.1, 0.15) is 36.1 Å². The van der Waals surface area contributed by atoms with Crippen LogP contribution in [-0.4, -0.2) is 87.2 Å². The zero-order chi connectivity index (χ0) is 37.8. The van der Waals surface area contributed by atoms with E-state index < -0.39 is 17.7 Å². The number of epoxide rings is 1. The zero-order valence-electron chi connectivity index (χ0n) is 29.2. The van der Waals surface area contributed by atoms with Crippen LogP contribution in [0.15, 0.2) is 82.3 Å². The number of nitrogens with one attached hydrogen (secondary N) is 3. The molecule has 3 saturated heterocycles. The number of pyridine rings is 1. The third kappa shape index (κ3) is 6.75. The maximum atomic E-state index is 13.7. The van der Waals surface area contributed by atoms with Crippen LogP contribution in [0.3, 0.4) is 0 Å². The molecule has 15 heteroatoms. The van der Waals surface area contributed by atoms with Crippen molar-refractivity contribution in [2.24, 2.45) is 0 Å². The molecule has 12 nitrogen and oxygen atoms in total. The number of piperidine rings is 1. The smallest absolute Gasteiger partial charge is 0.349 e. The molecule has 2 aromatic carbocycles. The van der Waals surface area contributed by atoms with Crippen molar-refractivity contribution in [1.29, 1.82) is 0 Å². The number of hydrogen-bond acceptors (Lipinski definition) is 11. The number of phenols is 1. The monoisotopic (exact) mass is 791 g/mol. The molecule has 2 bridgehead atoms. The van der Waals surface area contributed by atoms with Crippen molar-refractivity contribution in [3.63, 3.8) is 0 Å². The first-order valence-corrected chi connectivity index (χ1v) is 19.9. The molecule has 3 aliphatic heterocycles.